The van der Waals surface area contributed by atoms with Crippen LogP contribution in [0.2, 0.25) is 0 Å². The highest BCUT2D eigenvalue weighted by Gasteiger charge is 2.61. The molecule has 3 atom stereocenters. The van der Waals surface area contributed by atoms with Gasteiger partial charge in [-0.25, -0.2) is 0 Å². The third kappa shape index (κ3) is 4.81. The van der Waals surface area contributed by atoms with Crippen molar-refractivity contribution in [3.05, 3.63) is 22.4 Å². The lowest BCUT2D eigenvalue weighted by atomic mass is 9.68. The van der Waals surface area contributed by atoms with Gasteiger partial charge < -0.3 is 14.9 Å². The summed E-state index contributed by atoms with van der Waals surface area (Å²) < 4.78 is 0. The Morgan fingerprint density at radius 1 is 1.32 bits per heavy atom. The van der Waals surface area contributed by atoms with Crippen LogP contribution in [0.1, 0.15) is 75.6 Å². The van der Waals surface area contributed by atoms with Crippen molar-refractivity contribution < 1.29 is 19.5 Å². The molecule has 7 heteroatoms. The third-order valence-corrected chi connectivity index (χ3v) is 8.12. The van der Waals surface area contributed by atoms with Crippen LogP contribution in [0.15, 0.2) is 16.8 Å². The maximum absolute atomic E-state index is 13.8. The number of amides is 2. The minimum atomic E-state index is -0.378. The number of nitrogens with zero attached hydrogens (tertiary/aromatic N) is 2. The molecule has 6 nitrogen and oxygen atoms in total. The normalized spacial score (nSPS) is 26.9. The second-order valence-electron chi connectivity index (χ2n) is 9.85. The van der Waals surface area contributed by atoms with Crippen molar-refractivity contribution >= 4 is 29.6 Å². The number of carbonyl (C=O) groups is 3. The zero-order valence-electron chi connectivity index (χ0n) is 19.0. The van der Waals surface area contributed by atoms with Gasteiger partial charge in [0.2, 0.25) is 5.91 Å². The molecule has 172 valence electrons. The highest BCUT2D eigenvalue weighted by molar-refractivity contribution is 7.08. The summed E-state index contributed by atoms with van der Waals surface area (Å²) in [6.45, 7) is 5.10. The highest BCUT2D eigenvalue weighted by atomic mass is 32.1. The summed E-state index contributed by atoms with van der Waals surface area (Å²) in [4.78, 5) is 39.5. The van der Waals surface area contributed by atoms with Crippen molar-refractivity contribution in [2.24, 2.45) is 17.3 Å². The third-order valence-electron chi connectivity index (χ3n) is 7.44. The molecule has 1 aliphatic carbocycles. The van der Waals surface area contributed by atoms with Gasteiger partial charge in [0, 0.05) is 31.1 Å². The number of carboxylic acid groups (broad SMARTS) is 1. The van der Waals surface area contributed by atoms with Crippen molar-refractivity contribution in [1.82, 2.24) is 9.80 Å². The van der Waals surface area contributed by atoms with E-state index < -0.39 is 0 Å². The van der Waals surface area contributed by atoms with Crippen molar-refractivity contribution in [2.75, 3.05) is 13.6 Å². The molecule has 1 aromatic heterocycles. The van der Waals surface area contributed by atoms with Crippen LogP contribution in [0.4, 0.5) is 0 Å². The molecule has 0 radical (unpaired) electrons. The first-order valence-corrected chi connectivity index (χ1v) is 12.5. The van der Waals surface area contributed by atoms with Gasteiger partial charge in [-0.3, -0.25) is 14.4 Å². The Hall–Kier alpha value is -1.89. The molecule has 4 rings (SSSR count). The summed E-state index contributed by atoms with van der Waals surface area (Å²) in [7, 11) is 1.99. The number of hydrogen-bond acceptors (Lipinski definition) is 4. The molecule has 0 spiro atoms. The average molecular weight is 449 g/mol. The predicted octanol–water partition coefficient (Wildman–Crippen LogP) is 4.51. The quantitative estimate of drug-likeness (QED) is 0.623. The van der Waals surface area contributed by atoms with E-state index in [2.05, 4.69) is 18.7 Å². The Balaban J connectivity index is 0.000000858. The first-order valence-electron chi connectivity index (χ1n) is 11.5. The van der Waals surface area contributed by atoms with E-state index in [-0.39, 0.29) is 29.9 Å². The van der Waals surface area contributed by atoms with Gasteiger partial charge >= 0.3 is 0 Å². The van der Waals surface area contributed by atoms with E-state index in [9.17, 15) is 9.59 Å². The van der Waals surface area contributed by atoms with Crippen LogP contribution in [-0.2, 0) is 9.59 Å². The smallest absolute Gasteiger partial charge is 0.290 e. The molecular formula is C24H36N2O4S. The molecule has 2 bridgehead atoms. The second kappa shape index (κ2) is 10.2. The zero-order valence-corrected chi connectivity index (χ0v) is 19.8. The number of rotatable bonds is 7. The summed E-state index contributed by atoms with van der Waals surface area (Å²) in [5.74, 6) is 1.69. The zero-order chi connectivity index (χ0) is 22.6. The van der Waals surface area contributed by atoms with Crippen molar-refractivity contribution in [3.63, 3.8) is 0 Å². The summed E-state index contributed by atoms with van der Waals surface area (Å²) in [6, 6.07) is 2.22. The molecule has 1 aromatic rings. The van der Waals surface area contributed by atoms with Crippen molar-refractivity contribution in [2.45, 2.75) is 77.3 Å². The molecule has 3 fully saturated rings. The monoisotopic (exact) mass is 448 g/mol. The van der Waals surface area contributed by atoms with Crippen LogP contribution >= 0.6 is 11.3 Å². The first kappa shape index (κ1) is 23.8. The van der Waals surface area contributed by atoms with Crippen LogP contribution < -0.4 is 0 Å². The van der Waals surface area contributed by atoms with Gasteiger partial charge in [0.05, 0.1) is 11.0 Å². The molecule has 1 N–H and O–H groups in total. The van der Waals surface area contributed by atoms with Crippen LogP contribution in [0.3, 0.4) is 0 Å². The van der Waals surface area contributed by atoms with E-state index >= 15 is 0 Å². The Bertz CT molecular complexity index is 762. The van der Waals surface area contributed by atoms with Gasteiger partial charge in [-0.1, -0.05) is 20.3 Å². The number of hydrogen-bond donors (Lipinski definition) is 1. The minimum Gasteiger partial charge on any atom is -0.483 e. The van der Waals surface area contributed by atoms with E-state index in [4.69, 9.17) is 9.90 Å². The van der Waals surface area contributed by atoms with Gasteiger partial charge in [-0.05, 0) is 68.2 Å². The average Bonchev–Trinajstić information content (AvgIpc) is 3.44. The van der Waals surface area contributed by atoms with Crippen molar-refractivity contribution in [1.29, 1.82) is 0 Å². The molecule has 2 saturated heterocycles. The molecule has 3 aliphatic rings. The van der Waals surface area contributed by atoms with Crippen LogP contribution in [0, 0.1) is 17.3 Å². The SMILES string of the molecule is CC(C)CC[C@]1(C(=O)N(C)CC2CCC2)C[C@H]2CC[C@@H]1N2C(=O)c1ccsc1.O=CO. The lowest BCUT2D eigenvalue weighted by Gasteiger charge is -2.41. The Kier molecular flexibility index (Phi) is 7.78. The molecular weight excluding hydrogens is 412 g/mol. The number of carbonyl (C=O) groups excluding carboxylic acids is 2. The molecule has 0 unspecified atom stereocenters. The fourth-order valence-electron chi connectivity index (χ4n) is 5.70. The molecule has 2 amide bonds. The second-order valence-corrected chi connectivity index (χ2v) is 10.6. The molecule has 1 saturated carbocycles. The molecule has 0 aromatic carbocycles. The summed E-state index contributed by atoms with van der Waals surface area (Å²) in [6.07, 6.45) is 8.65. The van der Waals surface area contributed by atoms with Gasteiger partial charge in [0.25, 0.3) is 12.4 Å². The van der Waals surface area contributed by atoms with Gasteiger partial charge in [-0.15, -0.1) is 0 Å². The number of thiophene rings is 1. The summed E-state index contributed by atoms with van der Waals surface area (Å²) >= 11 is 1.57. The Labute approximate surface area is 189 Å². The molecule has 2 aliphatic heterocycles. The lowest BCUT2D eigenvalue weighted by molar-refractivity contribution is -0.144. The molecule has 31 heavy (non-hydrogen) atoms. The van der Waals surface area contributed by atoms with E-state index in [0.29, 0.717) is 17.7 Å². The fraction of sp³-hybridized carbons (Fsp3) is 0.708. The fourth-order valence-corrected chi connectivity index (χ4v) is 6.33. The van der Waals surface area contributed by atoms with Crippen LogP contribution in [0.25, 0.3) is 0 Å². The summed E-state index contributed by atoms with van der Waals surface area (Å²) in [5.41, 5.74) is 0.411. The first-order chi connectivity index (χ1) is 14.8. The lowest BCUT2D eigenvalue weighted by Crippen LogP contribution is -2.51. The highest BCUT2D eigenvalue weighted by Crippen LogP contribution is 2.54. The van der Waals surface area contributed by atoms with E-state index in [1.165, 1.54) is 19.3 Å². The van der Waals surface area contributed by atoms with E-state index in [1.54, 1.807) is 11.3 Å². The topological polar surface area (TPSA) is 77.9 Å². The Morgan fingerprint density at radius 3 is 2.58 bits per heavy atom. The molecule has 3 heterocycles. The van der Waals surface area contributed by atoms with E-state index in [1.807, 2.05) is 28.8 Å². The maximum Gasteiger partial charge on any atom is 0.290 e. The van der Waals surface area contributed by atoms with E-state index in [0.717, 1.165) is 44.2 Å². The largest absolute Gasteiger partial charge is 0.483 e. The van der Waals surface area contributed by atoms with Gasteiger partial charge in [-0.2, -0.15) is 11.3 Å². The standard InChI is InChI=1S/C23H34N2O2S.CH2O2/c1-16(2)9-11-23(22(27)24(3)14-17-5-4-6-17)13-19-7-8-20(23)25(19)21(26)18-10-12-28-15-18;2-1-3/h10,12,15-17,19-20H,4-9,11,13-14H2,1-3H3;1H,(H,2,3)/t19-,20+,23+;/m1./s1. The van der Waals surface area contributed by atoms with Gasteiger partial charge in [0.15, 0.2) is 0 Å². The Morgan fingerprint density at radius 2 is 2.03 bits per heavy atom. The van der Waals surface area contributed by atoms with Crippen LogP contribution in [-0.4, -0.2) is 58.9 Å². The maximum atomic E-state index is 13.8. The van der Waals surface area contributed by atoms with Crippen LogP contribution in [0.5, 0.6) is 0 Å². The van der Waals surface area contributed by atoms with Gasteiger partial charge in [0.1, 0.15) is 0 Å². The summed E-state index contributed by atoms with van der Waals surface area (Å²) in [5, 5.41) is 10.8. The number of fused-ring (bicyclic) bond motifs is 2. The minimum absolute atomic E-state index is 0.0694. The van der Waals surface area contributed by atoms with Crippen molar-refractivity contribution in [3.8, 4) is 0 Å². The predicted molar refractivity (Wildman–Crippen MR) is 122 cm³/mol.